The summed E-state index contributed by atoms with van der Waals surface area (Å²) in [5, 5.41) is 0. The molecule has 0 radical (unpaired) electrons. The van der Waals surface area contributed by atoms with Crippen LogP contribution in [-0.2, 0) is 0 Å². The zero-order chi connectivity index (χ0) is 2.83. The molecule has 0 saturated heterocycles. The summed E-state index contributed by atoms with van der Waals surface area (Å²) >= 11 is 0. The van der Waals surface area contributed by atoms with E-state index in [1.54, 1.807) is 12.2 Å². The van der Waals surface area contributed by atoms with Gasteiger partial charge in [-0.3, -0.25) is 0 Å². The maximum atomic E-state index is 2.75. The molecule has 0 spiro atoms. The Bertz CT molecular complexity index is 40.4. The van der Waals surface area contributed by atoms with E-state index in [1.807, 2.05) is 0 Å². The summed E-state index contributed by atoms with van der Waals surface area (Å²) in [6.45, 7) is 0. The first-order valence-electron chi connectivity index (χ1n) is 1.15. The van der Waals surface area contributed by atoms with Crippen molar-refractivity contribution in [2.45, 2.75) is 0 Å². The molecule has 0 bridgehead atoms. The van der Waals surface area contributed by atoms with E-state index in [-0.39, 0.29) is 0 Å². The molecule has 0 nitrogen and oxygen atoms in total. The molecule has 0 aromatic carbocycles. The summed E-state index contributed by atoms with van der Waals surface area (Å²) in [4.78, 5) is 0. The van der Waals surface area contributed by atoms with E-state index in [0.29, 0.717) is 0 Å². The van der Waals surface area contributed by atoms with E-state index in [4.69, 9.17) is 0 Å². The summed E-state index contributed by atoms with van der Waals surface area (Å²) < 4.78 is 0. The molecule has 0 atom stereocenters. The molecule has 0 unspecified atom stereocenters. The van der Waals surface area contributed by atoms with Crippen LogP contribution in [0.1, 0.15) is 0 Å². The van der Waals surface area contributed by atoms with E-state index in [1.165, 1.54) is 0 Å². The lowest BCUT2D eigenvalue weighted by atomic mass is 10.3. The topological polar surface area (TPSA) is 0 Å². The van der Waals surface area contributed by atoms with Crippen molar-refractivity contribution in [3.05, 3.63) is 24.3 Å². The second-order valence-corrected chi connectivity index (χ2v) is 0.622. The Morgan fingerprint density at radius 1 is 1.00 bits per heavy atom. The van der Waals surface area contributed by atoms with Crippen LogP contribution in [0.4, 0.5) is 0 Å². The first-order chi connectivity index (χ1) is 2.00. The predicted molar refractivity (Wildman–Crippen MR) is 15.6 cm³/mol. The van der Waals surface area contributed by atoms with Crippen LogP contribution in [-0.4, -0.2) is 0 Å². The smallest absolute Gasteiger partial charge is 0.436 e. The molecule has 1 aliphatic rings. The molecule has 0 aromatic rings. The van der Waals surface area contributed by atoms with Gasteiger partial charge in [-0.2, -0.15) is 0 Å². The second kappa shape index (κ2) is 0.449. The first kappa shape index (κ1) is 1.77. The second-order valence-electron chi connectivity index (χ2n) is 0.622. The number of hydrogen-bond acceptors (Lipinski definition) is 0. The third-order valence-electron chi connectivity index (χ3n) is 0.333. The summed E-state index contributed by atoms with van der Waals surface area (Å²) in [6, 6.07) is 0. The van der Waals surface area contributed by atoms with Crippen molar-refractivity contribution in [2.24, 2.45) is 0 Å². The summed E-state index contributed by atoms with van der Waals surface area (Å²) in [5.74, 6) is 0. The molecule has 0 heterocycles. The van der Waals surface area contributed by atoms with Crippen molar-refractivity contribution in [2.75, 3.05) is 0 Å². The normalized spacial score (nSPS) is 16.0. The van der Waals surface area contributed by atoms with Gasteiger partial charge < -0.3 is 24.3 Å². The van der Waals surface area contributed by atoms with Crippen molar-refractivity contribution in [3.8, 4) is 0 Å². The van der Waals surface area contributed by atoms with Crippen LogP contribution in [0, 0.1) is 12.2 Å². The van der Waals surface area contributed by atoms with Gasteiger partial charge in [0.15, 0.2) is 0 Å². The maximum Gasteiger partial charge on any atom is -0.436 e. The molecule has 0 aromatic heterocycles. The Morgan fingerprint density at radius 3 is 1.25 bits per heavy atom. The van der Waals surface area contributed by atoms with Gasteiger partial charge in [-0.1, -0.05) is 0 Å². The zero-order valence-electron chi connectivity index (χ0n) is 2.15. The van der Waals surface area contributed by atoms with Crippen molar-refractivity contribution < 1.29 is 0 Å². The Kier molecular flexibility index (Phi) is 0.198. The van der Waals surface area contributed by atoms with Crippen LogP contribution >= 0.6 is 0 Å². The highest BCUT2D eigenvalue weighted by Gasteiger charge is 1.22. The highest BCUT2D eigenvalue weighted by Crippen LogP contribution is 1.83. The van der Waals surface area contributed by atoms with Gasteiger partial charge >= 0.3 is 0 Å². The van der Waals surface area contributed by atoms with Gasteiger partial charge in [0.25, 0.3) is 0 Å². The van der Waals surface area contributed by atoms with Crippen LogP contribution in [0.15, 0.2) is 12.2 Å². The Labute approximate surface area is 25.4 Å². The third-order valence-corrected chi connectivity index (χ3v) is 0.333. The summed E-state index contributed by atoms with van der Waals surface area (Å²) in [7, 11) is 0. The van der Waals surface area contributed by atoms with E-state index < -0.39 is 0 Å². The van der Waals surface area contributed by atoms with Gasteiger partial charge in [-0.25, -0.2) is 0 Å². The minimum atomic E-state index is 1.75. The lowest BCUT2D eigenvalue weighted by Crippen LogP contribution is -1.59. The molecule has 20 valence electrons. The van der Waals surface area contributed by atoms with Crippen LogP contribution < -0.4 is 0 Å². The zero-order valence-corrected chi connectivity index (χ0v) is 2.15. The van der Waals surface area contributed by atoms with Gasteiger partial charge in [0.05, 0.1) is 0 Å². The van der Waals surface area contributed by atoms with E-state index in [9.17, 15) is 0 Å². The average Bonchev–Trinajstić information content (AvgIpc) is 0.722. The van der Waals surface area contributed by atoms with Crippen LogP contribution in [0.25, 0.3) is 0 Å². The predicted octanol–water partition coefficient (Wildman–Crippen LogP) is 0.719. The molecule has 0 aliphatic heterocycles. The maximum absolute atomic E-state index is 2.75. The molecule has 1 rings (SSSR count). The molecular formula is C4H2-2. The number of rotatable bonds is 0. The van der Waals surface area contributed by atoms with Gasteiger partial charge in [-0.15, -0.1) is 0 Å². The van der Waals surface area contributed by atoms with Crippen molar-refractivity contribution in [3.63, 3.8) is 0 Å². The van der Waals surface area contributed by atoms with Gasteiger partial charge in [0.2, 0.25) is 0 Å². The highest BCUT2D eigenvalue weighted by molar-refractivity contribution is 5.09. The lowest BCUT2D eigenvalue weighted by Gasteiger charge is -2.20. The minimum Gasteiger partial charge on any atom is -0.545 e. The molecule has 0 amide bonds. The van der Waals surface area contributed by atoms with E-state index in [2.05, 4.69) is 12.2 Å². The molecule has 0 heteroatoms. The highest BCUT2D eigenvalue weighted by atomic mass is 13.7. The van der Waals surface area contributed by atoms with E-state index >= 15 is 0 Å². The molecule has 0 fully saturated rings. The van der Waals surface area contributed by atoms with Crippen LogP contribution in [0.3, 0.4) is 0 Å². The lowest BCUT2D eigenvalue weighted by molar-refractivity contribution is 1.67. The van der Waals surface area contributed by atoms with Crippen molar-refractivity contribution in [1.29, 1.82) is 0 Å². The number of hydrogen-bond donors (Lipinski definition) is 0. The van der Waals surface area contributed by atoms with Crippen LogP contribution in [0.2, 0.25) is 0 Å². The van der Waals surface area contributed by atoms with E-state index in [0.717, 1.165) is 0 Å². The van der Waals surface area contributed by atoms with Crippen molar-refractivity contribution >= 4 is 0 Å². The molecule has 0 saturated carbocycles. The van der Waals surface area contributed by atoms with Crippen molar-refractivity contribution in [1.82, 2.24) is 0 Å². The molecule has 1 aliphatic carbocycles. The van der Waals surface area contributed by atoms with Gasteiger partial charge in [0.1, 0.15) is 0 Å². The minimum absolute atomic E-state index is 1.75. The Morgan fingerprint density at radius 2 is 1.25 bits per heavy atom. The Hall–Kier alpha value is -0.520. The fourth-order valence-corrected chi connectivity index (χ4v) is 0.0833. The quantitative estimate of drug-likeness (QED) is 0.355. The van der Waals surface area contributed by atoms with Gasteiger partial charge in [0, 0.05) is 0 Å². The standard InChI is InChI=1S/C4H2/c1-2-4-3-1/h1,4H/q-2. The molecule has 4 heavy (non-hydrogen) atoms. The monoisotopic (exact) mass is 50.0 g/mol. The fraction of sp³-hybridized carbons (Fsp3) is 0. The fourth-order valence-electron chi connectivity index (χ4n) is 0.0833. The summed E-state index contributed by atoms with van der Waals surface area (Å²) in [6.07, 6.45) is 9.00. The molecule has 0 N–H and O–H groups in total. The SMILES string of the molecule is [C-]1=C[C-]=C1. The van der Waals surface area contributed by atoms with Crippen LogP contribution in [0.5, 0.6) is 0 Å². The average molecular weight is 50.1 g/mol. The third kappa shape index (κ3) is 0.0282. The number of allylic oxidation sites excluding steroid dienone is 4. The van der Waals surface area contributed by atoms with Gasteiger partial charge in [-0.05, 0) is 0 Å². The summed E-state index contributed by atoms with van der Waals surface area (Å²) in [5.41, 5.74) is 0. The first-order valence-corrected chi connectivity index (χ1v) is 1.15. The largest absolute Gasteiger partial charge is 0.545 e. The molecular weight excluding hydrogens is 48.0 g/mol. The Balaban J connectivity index is 2.67.